The highest BCUT2D eigenvalue weighted by atomic mass is 16.5. The Balaban J connectivity index is 1.75. The van der Waals surface area contributed by atoms with Gasteiger partial charge >= 0.3 is 0 Å². The Morgan fingerprint density at radius 1 is 1.31 bits per heavy atom. The van der Waals surface area contributed by atoms with Gasteiger partial charge in [-0.3, -0.25) is 0 Å². The first-order valence-electron chi connectivity index (χ1n) is 5.90. The number of ether oxygens (including phenoxy) is 1. The maximum atomic E-state index is 6.16. The molecule has 2 N–H and O–H groups in total. The molecular weight excluding hydrogens is 206 g/mol. The molecule has 0 atom stereocenters. The molecule has 0 unspecified atom stereocenters. The molecule has 5 heteroatoms. The molecule has 16 heavy (non-hydrogen) atoms. The first-order valence-corrected chi connectivity index (χ1v) is 5.90. The molecule has 0 bridgehead atoms. The van der Waals surface area contributed by atoms with Crippen molar-refractivity contribution in [3.05, 3.63) is 11.8 Å². The fourth-order valence-electron chi connectivity index (χ4n) is 2.05. The van der Waals surface area contributed by atoms with Gasteiger partial charge in [-0.2, -0.15) is 0 Å². The fourth-order valence-corrected chi connectivity index (χ4v) is 2.05. The van der Waals surface area contributed by atoms with E-state index in [4.69, 9.17) is 14.9 Å². The van der Waals surface area contributed by atoms with Gasteiger partial charge in [-0.25, -0.2) is 0 Å². The molecule has 2 rings (SSSR count). The molecule has 0 radical (unpaired) electrons. The predicted octanol–water partition coefficient (Wildman–Crippen LogP) is 1.42. The van der Waals surface area contributed by atoms with Crippen LogP contribution in [0.25, 0.3) is 0 Å². The van der Waals surface area contributed by atoms with Crippen LogP contribution in [0.3, 0.4) is 0 Å². The van der Waals surface area contributed by atoms with Gasteiger partial charge in [0.15, 0.2) is 0 Å². The molecule has 0 spiro atoms. The van der Waals surface area contributed by atoms with Crippen LogP contribution in [0.15, 0.2) is 4.42 Å². The monoisotopic (exact) mass is 225 g/mol. The van der Waals surface area contributed by atoms with Crippen LogP contribution in [-0.2, 0) is 17.8 Å². The number of hydrogen-bond donors (Lipinski definition) is 1. The second-order valence-corrected chi connectivity index (χ2v) is 4.51. The second-order valence-electron chi connectivity index (χ2n) is 4.51. The van der Waals surface area contributed by atoms with Gasteiger partial charge in [0.05, 0.1) is 6.61 Å². The van der Waals surface area contributed by atoms with E-state index in [1.165, 1.54) is 12.8 Å². The predicted molar refractivity (Wildman–Crippen MR) is 58.7 cm³/mol. The van der Waals surface area contributed by atoms with E-state index in [0.29, 0.717) is 25.0 Å². The molecule has 1 aromatic rings. The maximum Gasteiger partial charge on any atom is 0.242 e. The zero-order valence-electron chi connectivity index (χ0n) is 9.74. The minimum Gasteiger partial charge on any atom is -0.423 e. The van der Waals surface area contributed by atoms with E-state index >= 15 is 0 Å². The van der Waals surface area contributed by atoms with E-state index in [-0.39, 0.29) is 5.54 Å². The third-order valence-electron chi connectivity index (χ3n) is 3.03. The van der Waals surface area contributed by atoms with Crippen molar-refractivity contribution in [3.63, 3.8) is 0 Å². The molecule has 0 saturated heterocycles. The van der Waals surface area contributed by atoms with Gasteiger partial charge in [-0.1, -0.05) is 19.8 Å². The SMILES string of the molecule is CCc1nnc(COCC2(N)CCCC2)o1. The molecule has 90 valence electrons. The number of nitrogens with two attached hydrogens (primary N) is 1. The lowest BCUT2D eigenvalue weighted by Gasteiger charge is -2.22. The molecule has 1 fully saturated rings. The molecular formula is C11H19N3O2. The van der Waals surface area contributed by atoms with Crippen LogP contribution in [0.2, 0.25) is 0 Å². The normalized spacial score (nSPS) is 19.1. The minimum absolute atomic E-state index is 0.131. The first-order chi connectivity index (χ1) is 7.72. The van der Waals surface area contributed by atoms with Gasteiger partial charge in [0.1, 0.15) is 6.61 Å². The summed E-state index contributed by atoms with van der Waals surface area (Å²) in [5.41, 5.74) is 6.03. The molecule has 1 heterocycles. The van der Waals surface area contributed by atoms with Crippen LogP contribution < -0.4 is 5.73 Å². The van der Waals surface area contributed by atoms with E-state index in [2.05, 4.69) is 10.2 Å². The largest absolute Gasteiger partial charge is 0.423 e. The quantitative estimate of drug-likeness (QED) is 0.820. The van der Waals surface area contributed by atoms with Crippen molar-refractivity contribution in [3.8, 4) is 0 Å². The van der Waals surface area contributed by atoms with Crippen LogP contribution in [0.4, 0.5) is 0 Å². The van der Waals surface area contributed by atoms with E-state index in [0.717, 1.165) is 19.3 Å². The lowest BCUT2D eigenvalue weighted by molar-refractivity contribution is 0.0614. The fraction of sp³-hybridized carbons (Fsp3) is 0.818. The summed E-state index contributed by atoms with van der Waals surface area (Å²) < 4.78 is 10.9. The van der Waals surface area contributed by atoms with E-state index in [1.54, 1.807) is 0 Å². The van der Waals surface area contributed by atoms with Crippen molar-refractivity contribution >= 4 is 0 Å². The van der Waals surface area contributed by atoms with Crippen LogP contribution in [0, 0.1) is 0 Å². The molecule has 0 aromatic carbocycles. The third-order valence-corrected chi connectivity index (χ3v) is 3.03. The van der Waals surface area contributed by atoms with Gasteiger partial charge in [0.2, 0.25) is 11.8 Å². The van der Waals surface area contributed by atoms with Crippen LogP contribution in [0.1, 0.15) is 44.4 Å². The van der Waals surface area contributed by atoms with Crippen molar-refractivity contribution < 1.29 is 9.15 Å². The number of hydrogen-bond acceptors (Lipinski definition) is 5. The topological polar surface area (TPSA) is 74.2 Å². The average Bonchev–Trinajstić information content (AvgIpc) is 2.88. The molecule has 5 nitrogen and oxygen atoms in total. The Hall–Kier alpha value is -0.940. The molecule has 1 aliphatic rings. The van der Waals surface area contributed by atoms with Crippen LogP contribution in [0.5, 0.6) is 0 Å². The van der Waals surface area contributed by atoms with E-state index in [1.807, 2.05) is 6.92 Å². The lowest BCUT2D eigenvalue weighted by atomic mass is 10.0. The number of aromatic nitrogens is 2. The highest BCUT2D eigenvalue weighted by Gasteiger charge is 2.29. The Kier molecular flexibility index (Phi) is 3.56. The molecule has 0 aliphatic heterocycles. The zero-order chi connectivity index (χ0) is 11.4. The Labute approximate surface area is 95.4 Å². The van der Waals surface area contributed by atoms with E-state index < -0.39 is 0 Å². The molecule has 0 amide bonds. The number of aryl methyl sites for hydroxylation is 1. The minimum atomic E-state index is -0.131. The summed E-state index contributed by atoms with van der Waals surface area (Å²) in [4.78, 5) is 0. The Morgan fingerprint density at radius 2 is 2.00 bits per heavy atom. The Bertz CT molecular complexity index is 332. The second kappa shape index (κ2) is 4.93. The van der Waals surface area contributed by atoms with Gasteiger partial charge in [-0.05, 0) is 12.8 Å². The summed E-state index contributed by atoms with van der Waals surface area (Å²) in [7, 11) is 0. The van der Waals surface area contributed by atoms with Crippen molar-refractivity contribution in [1.29, 1.82) is 0 Å². The van der Waals surface area contributed by atoms with Crippen LogP contribution >= 0.6 is 0 Å². The number of rotatable bonds is 5. The Morgan fingerprint density at radius 3 is 2.62 bits per heavy atom. The van der Waals surface area contributed by atoms with Gasteiger partial charge in [-0.15, -0.1) is 10.2 Å². The molecule has 1 aromatic heterocycles. The zero-order valence-corrected chi connectivity index (χ0v) is 9.74. The summed E-state index contributed by atoms with van der Waals surface area (Å²) in [5, 5.41) is 7.77. The van der Waals surface area contributed by atoms with Crippen LogP contribution in [-0.4, -0.2) is 22.3 Å². The van der Waals surface area contributed by atoms with E-state index in [9.17, 15) is 0 Å². The average molecular weight is 225 g/mol. The third kappa shape index (κ3) is 2.80. The molecule has 1 aliphatic carbocycles. The highest BCUT2D eigenvalue weighted by Crippen LogP contribution is 2.27. The van der Waals surface area contributed by atoms with Crippen molar-refractivity contribution in [2.45, 2.75) is 51.2 Å². The smallest absolute Gasteiger partial charge is 0.242 e. The summed E-state index contributed by atoms with van der Waals surface area (Å²) in [5.74, 6) is 1.19. The lowest BCUT2D eigenvalue weighted by Crippen LogP contribution is -2.41. The number of nitrogens with zero attached hydrogens (tertiary/aromatic N) is 2. The van der Waals surface area contributed by atoms with Crippen molar-refractivity contribution in [2.24, 2.45) is 5.73 Å². The summed E-state index contributed by atoms with van der Waals surface area (Å²) >= 11 is 0. The summed E-state index contributed by atoms with van der Waals surface area (Å²) in [6.45, 7) is 2.92. The highest BCUT2D eigenvalue weighted by molar-refractivity contribution is 4.89. The van der Waals surface area contributed by atoms with Gasteiger partial charge < -0.3 is 14.9 Å². The molecule has 1 saturated carbocycles. The van der Waals surface area contributed by atoms with Crippen molar-refractivity contribution in [1.82, 2.24) is 10.2 Å². The van der Waals surface area contributed by atoms with Crippen molar-refractivity contribution in [2.75, 3.05) is 6.61 Å². The van der Waals surface area contributed by atoms with Gasteiger partial charge in [0, 0.05) is 12.0 Å². The van der Waals surface area contributed by atoms with Gasteiger partial charge in [0.25, 0.3) is 0 Å². The maximum absolute atomic E-state index is 6.16. The summed E-state index contributed by atoms with van der Waals surface area (Å²) in [6.07, 6.45) is 5.28. The first kappa shape index (κ1) is 11.5. The standard InChI is InChI=1S/C11H19N3O2/c1-2-9-13-14-10(16-9)7-15-8-11(12)5-3-4-6-11/h2-8,12H2,1H3. The summed E-state index contributed by atoms with van der Waals surface area (Å²) in [6, 6.07) is 0.